The Bertz CT molecular complexity index is 7780. The summed E-state index contributed by atoms with van der Waals surface area (Å²) >= 11 is 2.48. The van der Waals surface area contributed by atoms with Gasteiger partial charge in [0.1, 0.15) is 33.2 Å². The number of furan rings is 1. The van der Waals surface area contributed by atoms with Crippen molar-refractivity contribution in [3.05, 3.63) is 376 Å². The SMILES string of the molecule is c1ccc(-c2cc(-c3ccccc3)cc(-c3nc(-c4ccccc4)nc(-c4cccc(-c5ccc(-c6nc7ccccc7c7c6ccc6nsnc67)cc5)c4)n3)c2)cc1.c1ccc(-c2nc(-c3ccc(-c4cccc5c4oc4ccccc45)cc3)nc(-c3cccc(-c4ccc(-c5nc6ccccc6c6c5ccc5nsnc56)cc4)c3)n2)cc1. The molecule has 0 amide bonds. The number of aromatic nitrogens is 12. The first-order chi connectivity index (χ1) is 58.9. The van der Waals surface area contributed by atoms with Gasteiger partial charge in [-0.25, -0.2) is 39.9 Å². The van der Waals surface area contributed by atoms with E-state index in [4.69, 9.17) is 44.3 Å². The van der Waals surface area contributed by atoms with Crippen molar-refractivity contribution in [3.8, 4) is 146 Å². The lowest BCUT2D eigenvalue weighted by Gasteiger charge is -2.13. The van der Waals surface area contributed by atoms with E-state index < -0.39 is 0 Å². The smallest absolute Gasteiger partial charge is 0.164 e. The number of para-hydroxylation sites is 4. The minimum Gasteiger partial charge on any atom is -0.455 e. The summed E-state index contributed by atoms with van der Waals surface area (Å²) in [6, 6.07) is 129. The lowest BCUT2D eigenvalue weighted by molar-refractivity contribution is 0.670. The number of pyridine rings is 2. The summed E-state index contributed by atoms with van der Waals surface area (Å²) in [4.78, 5) is 40.8. The van der Waals surface area contributed by atoms with Gasteiger partial charge in [-0.3, -0.25) is 0 Å². The molecular formula is C104H62N12OS2. The Kier molecular flexibility index (Phi) is 17.6. The van der Waals surface area contributed by atoms with Crippen molar-refractivity contribution < 1.29 is 4.42 Å². The maximum absolute atomic E-state index is 6.35. The van der Waals surface area contributed by atoms with Crippen LogP contribution >= 0.6 is 23.5 Å². The fourth-order valence-electron chi connectivity index (χ4n) is 16.2. The zero-order valence-corrected chi connectivity index (χ0v) is 65.0. The van der Waals surface area contributed by atoms with Crippen molar-refractivity contribution in [1.82, 2.24) is 57.4 Å². The molecular weight excluding hydrogens is 1500 g/mol. The van der Waals surface area contributed by atoms with E-state index in [0.717, 1.165) is 199 Å². The Balaban J connectivity index is 0.000000143. The van der Waals surface area contributed by atoms with E-state index in [9.17, 15) is 0 Å². The highest BCUT2D eigenvalue weighted by Crippen LogP contribution is 2.43. The first kappa shape index (κ1) is 70.0. The molecule has 556 valence electrons. The standard InChI is InChI=1S/C52H30N6OS.C52H32N6S/c1-2-10-34(11-3-1)50-54-51(35-26-22-32(23-27-35)38-16-9-17-40-39-14-5-7-19-45(39)59-49(38)40)56-52(55-50)37-13-8-12-36(30-37)31-20-24-33(25-21-31)47-42-28-29-44-48(58-60-57-44)46(42)41-15-4-6-18-43(41)53-47;1-4-13-33(14-5-1)40-30-41(34-15-6-2-7-16-34)32-42(31-40)52-55-50(37-17-8-3-9-18-37)54-51(56-52)39-20-12-19-38(29-39)35-23-25-36(26-24-35)48-44-27-28-46-49(58-59-57-46)47(44)43-21-10-11-22-45(43)53-48/h1-30H;1-32H. The maximum Gasteiger partial charge on any atom is 0.164 e. The third kappa shape index (κ3) is 13.2. The van der Waals surface area contributed by atoms with Crippen LogP contribution in [0.3, 0.4) is 0 Å². The number of hydrogen-bond donors (Lipinski definition) is 0. The number of hydrogen-bond acceptors (Lipinski definition) is 15. The third-order valence-electron chi connectivity index (χ3n) is 22.0. The Morgan fingerprint density at radius 2 is 0.513 bits per heavy atom. The second-order valence-electron chi connectivity index (χ2n) is 29.2. The van der Waals surface area contributed by atoms with E-state index >= 15 is 0 Å². The first-order valence-electron chi connectivity index (χ1n) is 39.1. The Hall–Kier alpha value is -15.7. The molecule has 0 aliphatic carbocycles. The van der Waals surface area contributed by atoms with Crippen LogP contribution in [0.2, 0.25) is 0 Å². The molecule has 7 aromatic heterocycles. The molecule has 7 heterocycles. The predicted octanol–water partition coefficient (Wildman–Crippen LogP) is 26.7. The van der Waals surface area contributed by atoms with Crippen molar-refractivity contribution in [2.75, 3.05) is 0 Å². The maximum atomic E-state index is 6.35. The molecule has 23 aromatic rings. The molecule has 119 heavy (non-hydrogen) atoms. The molecule has 15 heteroatoms. The van der Waals surface area contributed by atoms with Crippen LogP contribution in [-0.4, -0.2) is 57.4 Å². The molecule has 0 aliphatic heterocycles. The quantitative estimate of drug-likeness (QED) is 0.100. The summed E-state index contributed by atoms with van der Waals surface area (Å²) in [6.07, 6.45) is 0. The van der Waals surface area contributed by atoms with Gasteiger partial charge in [-0.1, -0.05) is 303 Å². The van der Waals surface area contributed by atoms with Gasteiger partial charge in [0.05, 0.1) is 45.9 Å². The van der Waals surface area contributed by atoms with E-state index in [-0.39, 0.29) is 0 Å². The van der Waals surface area contributed by atoms with Gasteiger partial charge in [0.25, 0.3) is 0 Å². The normalized spacial score (nSPS) is 11.5. The van der Waals surface area contributed by atoms with Crippen LogP contribution in [0, 0.1) is 0 Å². The second-order valence-corrected chi connectivity index (χ2v) is 30.3. The van der Waals surface area contributed by atoms with Crippen LogP contribution in [0.5, 0.6) is 0 Å². The number of fused-ring (bicyclic) bond motifs is 13. The second kappa shape index (κ2) is 29.9. The van der Waals surface area contributed by atoms with Gasteiger partial charge in [-0.2, -0.15) is 17.5 Å². The zero-order chi connectivity index (χ0) is 78.7. The molecule has 16 aromatic carbocycles. The Morgan fingerprint density at radius 1 is 0.185 bits per heavy atom. The van der Waals surface area contributed by atoms with E-state index in [2.05, 4.69) is 272 Å². The number of rotatable bonds is 13. The summed E-state index contributed by atoms with van der Waals surface area (Å²) in [5.41, 5.74) is 27.4. The van der Waals surface area contributed by atoms with Gasteiger partial charge in [0, 0.05) is 93.2 Å². The van der Waals surface area contributed by atoms with Gasteiger partial charge in [0.15, 0.2) is 34.9 Å². The molecule has 0 aliphatic rings. The lowest BCUT2D eigenvalue weighted by Crippen LogP contribution is -2.00. The third-order valence-corrected chi connectivity index (χ3v) is 23.1. The van der Waals surface area contributed by atoms with Crippen LogP contribution in [0.25, 0.3) is 234 Å². The van der Waals surface area contributed by atoms with Crippen LogP contribution < -0.4 is 0 Å². The van der Waals surface area contributed by atoms with Crippen LogP contribution in [0.4, 0.5) is 0 Å². The Labute approximate surface area is 690 Å². The van der Waals surface area contributed by atoms with E-state index in [0.29, 0.717) is 34.9 Å². The molecule has 0 bridgehead atoms. The largest absolute Gasteiger partial charge is 0.455 e. The monoisotopic (exact) mass is 1560 g/mol. The summed E-state index contributed by atoms with van der Waals surface area (Å²) in [5.74, 6) is 3.65. The van der Waals surface area contributed by atoms with Crippen molar-refractivity contribution in [3.63, 3.8) is 0 Å². The fraction of sp³-hybridized carbons (Fsp3) is 0. The zero-order valence-electron chi connectivity index (χ0n) is 63.4. The molecule has 13 nitrogen and oxygen atoms in total. The molecule has 0 unspecified atom stereocenters. The molecule has 0 spiro atoms. The molecule has 0 saturated carbocycles. The highest BCUT2D eigenvalue weighted by atomic mass is 32.1. The van der Waals surface area contributed by atoms with E-state index in [1.165, 1.54) is 23.5 Å². The molecule has 0 saturated heterocycles. The molecule has 0 N–H and O–H groups in total. The fourth-order valence-corrected chi connectivity index (χ4v) is 17.2. The van der Waals surface area contributed by atoms with Crippen molar-refractivity contribution in [1.29, 1.82) is 0 Å². The van der Waals surface area contributed by atoms with Crippen molar-refractivity contribution in [2.45, 2.75) is 0 Å². The van der Waals surface area contributed by atoms with Gasteiger partial charge >= 0.3 is 0 Å². The summed E-state index contributed by atoms with van der Waals surface area (Å²) < 4.78 is 24.7. The minimum atomic E-state index is 0.600. The highest BCUT2D eigenvalue weighted by Gasteiger charge is 2.22. The van der Waals surface area contributed by atoms with E-state index in [1.807, 2.05) is 121 Å². The summed E-state index contributed by atoms with van der Waals surface area (Å²) in [6.45, 7) is 0. The Morgan fingerprint density at radius 3 is 0.992 bits per heavy atom. The predicted molar refractivity (Wildman–Crippen MR) is 485 cm³/mol. The van der Waals surface area contributed by atoms with Crippen molar-refractivity contribution >= 4 is 111 Å². The minimum absolute atomic E-state index is 0.600. The van der Waals surface area contributed by atoms with Gasteiger partial charge in [-0.15, -0.1) is 0 Å². The summed E-state index contributed by atoms with van der Waals surface area (Å²) in [7, 11) is 0. The lowest BCUT2D eigenvalue weighted by atomic mass is 9.95. The molecule has 23 rings (SSSR count). The summed E-state index contributed by atoms with van der Waals surface area (Å²) in [5, 5.41) is 8.66. The van der Waals surface area contributed by atoms with Crippen LogP contribution in [0.15, 0.2) is 381 Å². The molecule has 0 fully saturated rings. The van der Waals surface area contributed by atoms with Gasteiger partial charge in [0.2, 0.25) is 0 Å². The van der Waals surface area contributed by atoms with Gasteiger partial charge in [-0.05, 0) is 123 Å². The molecule has 0 atom stereocenters. The van der Waals surface area contributed by atoms with Crippen LogP contribution in [-0.2, 0) is 0 Å². The van der Waals surface area contributed by atoms with Crippen LogP contribution in [0.1, 0.15) is 0 Å². The average Bonchev–Trinajstić information content (AvgIpc) is 1.74. The average molecular weight is 1560 g/mol. The highest BCUT2D eigenvalue weighted by molar-refractivity contribution is 7.00. The van der Waals surface area contributed by atoms with Crippen molar-refractivity contribution in [2.24, 2.45) is 0 Å². The topological polar surface area (TPSA) is 168 Å². The number of nitrogens with zero attached hydrogens (tertiary/aromatic N) is 12. The number of benzene rings is 16. The van der Waals surface area contributed by atoms with Gasteiger partial charge < -0.3 is 4.42 Å². The first-order valence-corrected chi connectivity index (χ1v) is 40.6. The van der Waals surface area contributed by atoms with E-state index in [1.54, 1.807) is 0 Å². The molecule has 0 radical (unpaired) electrons.